The summed E-state index contributed by atoms with van der Waals surface area (Å²) >= 11 is 1.44. The molecule has 0 bridgehead atoms. The summed E-state index contributed by atoms with van der Waals surface area (Å²) in [7, 11) is 0. The second-order valence-corrected chi connectivity index (χ2v) is 6.92. The molecule has 2 heterocycles. The molecule has 0 spiro atoms. The minimum absolute atomic E-state index is 0.137. The quantitative estimate of drug-likeness (QED) is 0.657. The number of rotatable bonds is 2. The molecule has 0 aliphatic carbocycles. The van der Waals surface area contributed by atoms with E-state index in [9.17, 15) is 4.79 Å². The predicted molar refractivity (Wildman–Crippen MR) is 100 cm³/mol. The summed E-state index contributed by atoms with van der Waals surface area (Å²) in [6, 6.07) is 13.3. The Morgan fingerprint density at radius 1 is 1.31 bits per heavy atom. The second kappa shape index (κ2) is 6.70. The van der Waals surface area contributed by atoms with E-state index in [-0.39, 0.29) is 12.5 Å². The number of aryl methyl sites for hydroxylation is 1. The van der Waals surface area contributed by atoms with Crippen LogP contribution in [0.3, 0.4) is 0 Å². The van der Waals surface area contributed by atoms with Gasteiger partial charge >= 0.3 is 0 Å². The number of para-hydroxylation sites is 3. The summed E-state index contributed by atoms with van der Waals surface area (Å²) in [6.45, 7) is 2.50. The largest absolute Gasteiger partial charge is 0.485 e. The molecule has 3 aromatic rings. The van der Waals surface area contributed by atoms with Gasteiger partial charge in [0.2, 0.25) is 6.10 Å². The summed E-state index contributed by atoms with van der Waals surface area (Å²) in [5.41, 5.74) is 2.10. The molecule has 0 saturated carbocycles. The minimum Gasteiger partial charge on any atom is -0.485 e. The summed E-state index contributed by atoms with van der Waals surface area (Å²) in [4.78, 5) is 17.5. The molecule has 5 nitrogen and oxygen atoms in total. The topological polar surface area (TPSA) is 52.8 Å². The number of carbonyl (C=O) groups is 1. The number of hydrogen-bond donors (Lipinski definition) is 0. The third-order valence-corrected chi connectivity index (χ3v) is 5.19. The average molecular weight is 364 g/mol. The third-order valence-electron chi connectivity index (χ3n) is 4.14. The van der Waals surface area contributed by atoms with Gasteiger partial charge in [0, 0.05) is 0 Å². The molecule has 0 radical (unpaired) electrons. The molecule has 0 fully saturated rings. The highest BCUT2D eigenvalue weighted by molar-refractivity contribution is 7.16. The van der Waals surface area contributed by atoms with Crippen molar-refractivity contribution in [2.75, 3.05) is 6.61 Å². The van der Waals surface area contributed by atoms with Crippen LogP contribution in [0.5, 0.6) is 11.5 Å². The molecule has 4 rings (SSSR count). The fraction of sp³-hybridized carbons (Fsp3) is 0.200. The van der Waals surface area contributed by atoms with Crippen molar-refractivity contribution < 1.29 is 14.3 Å². The third kappa shape index (κ3) is 2.87. The molecule has 1 atom stereocenters. The highest BCUT2D eigenvalue weighted by Gasteiger charge is 2.27. The van der Waals surface area contributed by atoms with Gasteiger partial charge in [-0.3, -0.25) is 4.79 Å². The number of benzene rings is 2. The van der Waals surface area contributed by atoms with E-state index >= 15 is 0 Å². The summed E-state index contributed by atoms with van der Waals surface area (Å²) in [5, 5.41) is 0. The Balaban J connectivity index is 1.73. The Morgan fingerprint density at radius 3 is 2.92 bits per heavy atom. The van der Waals surface area contributed by atoms with Crippen LogP contribution < -0.4 is 14.3 Å². The molecule has 1 aliphatic heterocycles. The van der Waals surface area contributed by atoms with Crippen LogP contribution in [0.15, 0.2) is 47.5 Å². The SMILES string of the molecule is C#CCn1c(=NC(=O)[C@@H]2COc3ccccc3O2)sc2cccc(C)c21. The van der Waals surface area contributed by atoms with Crippen molar-refractivity contribution in [1.29, 1.82) is 0 Å². The highest BCUT2D eigenvalue weighted by atomic mass is 32.1. The molecule has 0 unspecified atom stereocenters. The predicted octanol–water partition coefficient (Wildman–Crippen LogP) is 2.91. The van der Waals surface area contributed by atoms with Crippen LogP contribution in [-0.4, -0.2) is 23.2 Å². The van der Waals surface area contributed by atoms with Crippen LogP contribution >= 0.6 is 11.3 Å². The fourth-order valence-electron chi connectivity index (χ4n) is 2.94. The number of carbonyl (C=O) groups excluding carboxylic acids is 1. The first-order valence-corrected chi connectivity index (χ1v) is 8.98. The van der Waals surface area contributed by atoms with E-state index in [0.717, 1.165) is 15.8 Å². The Hall–Kier alpha value is -3.04. The number of aromatic nitrogens is 1. The number of nitrogens with zero attached hydrogens (tertiary/aromatic N) is 2. The van der Waals surface area contributed by atoms with E-state index in [4.69, 9.17) is 15.9 Å². The molecule has 0 saturated heterocycles. The normalized spacial score (nSPS) is 16.5. The molecule has 1 aromatic heterocycles. The van der Waals surface area contributed by atoms with Gasteiger partial charge in [0.1, 0.15) is 6.61 Å². The van der Waals surface area contributed by atoms with Gasteiger partial charge in [-0.15, -0.1) is 6.42 Å². The monoisotopic (exact) mass is 364 g/mol. The molecular weight excluding hydrogens is 348 g/mol. The number of hydrogen-bond acceptors (Lipinski definition) is 4. The first-order chi connectivity index (χ1) is 12.7. The Morgan fingerprint density at radius 2 is 2.12 bits per heavy atom. The van der Waals surface area contributed by atoms with Crippen molar-refractivity contribution in [3.63, 3.8) is 0 Å². The molecule has 130 valence electrons. The van der Waals surface area contributed by atoms with Gasteiger partial charge in [-0.25, -0.2) is 0 Å². The zero-order chi connectivity index (χ0) is 18.1. The van der Waals surface area contributed by atoms with Crippen molar-refractivity contribution in [2.24, 2.45) is 4.99 Å². The van der Waals surface area contributed by atoms with Gasteiger partial charge in [-0.1, -0.05) is 41.5 Å². The summed E-state index contributed by atoms with van der Waals surface area (Å²) in [6.07, 6.45) is 4.75. The standard InChI is InChI=1S/C20H16N2O3S/c1-3-11-22-18-13(2)7-6-10-17(18)26-20(22)21-19(23)16-12-24-14-8-4-5-9-15(14)25-16/h1,4-10,16H,11-12H2,2H3/t16-/m0/s1. The minimum atomic E-state index is -0.768. The lowest BCUT2D eigenvalue weighted by Crippen LogP contribution is -2.36. The highest BCUT2D eigenvalue weighted by Crippen LogP contribution is 2.31. The van der Waals surface area contributed by atoms with Crippen molar-refractivity contribution in [3.8, 4) is 23.8 Å². The van der Waals surface area contributed by atoms with E-state index in [0.29, 0.717) is 22.8 Å². The van der Waals surface area contributed by atoms with E-state index in [2.05, 4.69) is 10.9 Å². The lowest BCUT2D eigenvalue weighted by molar-refractivity contribution is -0.127. The zero-order valence-electron chi connectivity index (χ0n) is 14.1. The first-order valence-electron chi connectivity index (χ1n) is 8.17. The number of terminal acetylenes is 1. The van der Waals surface area contributed by atoms with Gasteiger partial charge < -0.3 is 14.0 Å². The van der Waals surface area contributed by atoms with Gasteiger partial charge in [0.05, 0.1) is 16.8 Å². The van der Waals surface area contributed by atoms with Gasteiger partial charge in [0.15, 0.2) is 16.3 Å². The molecule has 1 amide bonds. The smallest absolute Gasteiger partial charge is 0.292 e. The lowest BCUT2D eigenvalue weighted by Gasteiger charge is -2.23. The summed E-state index contributed by atoms with van der Waals surface area (Å²) < 4.78 is 14.3. The number of ether oxygens (including phenoxy) is 2. The van der Waals surface area contributed by atoms with Gasteiger partial charge in [-0.2, -0.15) is 4.99 Å². The fourth-order valence-corrected chi connectivity index (χ4v) is 4.05. The average Bonchev–Trinajstić information content (AvgIpc) is 3.00. The van der Waals surface area contributed by atoms with Crippen molar-refractivity contribution >= 4 is 27.5 Å². The van der Waals surface area contributed by atoms with Crippen LogP contribution in [0.2, 0.25) is 0 Å². The Bertz CT molecular complexity index is 1100. The number of fused-ring (bicyclic) bond motifs is 2. The first kappa shape index (κ1) is 16.4. The maximum absolute atomic E-state index is 12.7. The molecular formula is C20H16N2O3S. The Kier molecular flexibility index (Phi) is 4.23. The number of amides is 1. The van der Waals surface area contributed by atoms with E-state index in [1.807, 2.05) is 47.9 Å². The van der Waals surface area contributed by atoms with E-state index in [1.54, 1.807) is 6.07 Å². The van der Waals surface area contributed by atoms with Crippen molar-refractivity contribution in [2.45, 2.75) is 19.6 Å². The number of thiazole rings is 1. The molecule has 2 aromatic carbocycles. The second-order valence-electron chi connectivity index (χ2n) is 5.91. The van der Waals surface area contributed by atoms with Crippen LogP contribution in [0.4, 0.5) is 0 Å². The van der Waals surface area contributed by atoms with Crippen molar-refractivity contribution in [1.82, 2.24) is 4.57 Å². The van der Waals surface area contributed by atoms with Gasteiger partial charge in [0.25, 0.3) is 5.91 Å². The molecule has 6 heteroatoms. The zero-order valence-corrected chi connectivity index (χ0v) is 15.0. The maximum Gasteiger partial charge on any atom is 0.292 e. The van der Waals surface area contributed by atoms with E-state index < -0.39 is 6.10 Å². The molecule has 26 heavy (non-hydrogen) atoms. The molecule has 0 N–H and O–H groups in total. The van der Waals surface area contributed by atoms with Crippen LogP contribution in [0, 0.1) is 19.3 Å². The van der Waals surface area contributed by atoms with Crippen LogP contribution in [0.1, 0.15) is 5.56 Å². The van der Waals surface area contributed by atoms with Crippen molar-refractivity contribution in [3.05, 3.63) is 52.8 Å². The van der Waals surface area contributed by atoms with E-state index in [1.165, 1.54) is 11.3 Å². The van der Waals surface area contributed by atoms with Gasteiger partial charge in [-0.05, 0) is 30.7 Å². The Labute approximate surface area is 154 Å². The summed E-state index contributed by atoms with van der Waals surface area (Å²) in [5.74, 6) is 3.45. The van der Waals surface area contributed by atoms with Crippen LogP contribution in [0.25, 0.3) is 10.2 Å². The van der Waals surface area contributed by atoms with Crippen LogP contribution in [-0.2, 0) is 11.3 Å². The maximum atomic E-state index is 12.7. The lowest BCUT2D eigenvalue weighted by atomic mass is 10.2. The molecule has 1 aliphatic rings.